The lowest BCUT2D eigenvalue weighted by Gasteiger charge is -2.10. The van der Waals surface area contributed by atoms with Crippen molar-refractivity contribution in [3.8, 4) is 5.75 Å². The maximum atomic E-state index is 13.6. The molecule has 0 fully saturated rings. The molecule has 0 saturated heterocycles. The predicted octanol–water partition coefficient (Wildman–Crippen LogP) is -0.368. The molecular weight excluding hydrogens is 256 g/mol. The second kappa shape index (κ2) is 7.08. The molecule has 0 aliphatic rings. The van der Waals surface area contributed by atoms with Crippen LogP contribution in [-0.2, 0) is 11.2 Å². The summed E-state index contributed by atoms with van der Waals surface area (Å²) in [5.41, 5.74) is 5.50. The zero-order valence-corrected chi connectivity index (χ0v) is 10.1. The first-order valence-corrected chi connectivity index (χ1v) is 5.66. The van der Waals surface area contributed by atoms with E-state index in [1.807, 2.05) is 0 Å². The highest BCUT2D eigenvalue weighted by Crippen LogP contribution is 2.18. The zero-order valence-electron chi connectivity index (χ0n) is 10.1. The van der Waals surface area contributed by atoms with Crippen molar-refractivity contribution in [3.05, 3.63) is 29.6 Å². The van der Waals surface area contributed by atoms with E-state index >= 15 is 0 Å². The lowest BCUT2D eigenvalue weighted by Crippen LogP contribution is -2.32. The molecule has 0 aliphatic heterocycles. The molecule has 0 aliphatic carbocycles. The van der Waals surface area contributed by atoms with Gasteiger partial charge in [0.2, 0.25) is 0 Å². The number of aliphatic carboxylic acids is 1. The number of benzene rings is 1. The Bertz CT molecular complexity index is 443. The molecule has 0 radical (unpaired) electrons. The highest BCUT2D eigenvalue weighted by Gasteiger charge is 2.15. The normalized spacial score (nSPS) is 12.0. The average molecular weight is 271 g/mol. The van der Waals surface area contributed by atoms with E-state index < -0.39 is 24.9 Å². The molecule has 1 atom stereocenters. The Morgan fingerprint density at radius 3 is 2.68 bits per heavy atom. The third-order valence-electron chi connectivity index (χ3n) is 2.43. The van der Waals surface area contributed by atoms with Gasteiger partial charge in [-0.3, -0.25) is 4.79 Å². The summed E-state index contributed by atoms with van der Waals surface area (Å²) in [6.07, 6.45) is -0.107. The van der Waals surface area contributed by atoms with Gasteiger partial charge in [0.25, 0.3) is 0 Å². The van der Waals surface area contributed by atoms with E-state index in [1.165, 1.54) is 12.1 Å². The molecule has 0 aromatic heterocycles. The minimum atomic E-state index is -1.47. The Kier molecular flexibility index (Phi) is 5.74. The maximum Gasteiger partial charge on any atom is 0.454 e. The van der Waals surface area contributed by atoms with Crippen LogP contribution in [0.1, 0.15) is 5.56 Å². The van der Waals surface area contributed by atoms with Crippen LogP contribution < -0.4 is 10.5 Å². The number of carboxylic acid groups (broad SMARTS) is 1. The molecule has 19 heavy (non-hydrogen) atoms. The first-order valence-electron chi connectivity index (χ1n) is 5.66. The van der Waals surface area contributed by atoms with Gasteiger partial charge in [-0.05, 0) is 11.6 Å². The molecule has 0 spiro atoms. The fourth-order valence-corrected chi connectivity index (χ4v) is 1.39. The van der Waals surface area contributed by atoms with Gasteiger partial charge in [0.1, 0.15) is 17.6 Å². The van der Waals surface area contributed by atoms with Gasteiger partial charge in [0.15, 0.2) is 0 Å². The summed E-state index contributed by atoms with van der Waals surface area (Å²) in [5, 5.41) is 25.9. The minimum absolute atomic E-state index is 0.00720. The summed E-state index contributed by atoms with van der Waals surface area (Å²) in [5.74, 6) is -1.58. The van der Waals surface area contributed by atoms with Crippen molar-refractivity contribution in [2.45, 2.75) is 18.8 Å². The van der Waals surface area contributed by atoms with Crippen LogP contribution in [0.25, 0.3) is 0 Å². The Hall–Kier alpha value is -1.64. The van der Waals surface area contributed by atoms with E-state index in [-0.39, 0.29) is 30.7 Å². The highest BCUT2D eigenvalue weighted by atomic mass is 19.1. The number of halogens is 1. The van der Waals surface area contributed by atoms with Crippen LogP contribution in [-0.4, -0.2) is 40.9 Å². The topological polar surface area (TPSA) is 113 Å². The Morgan fingerprint density at radius 2 is 2.16 bits per heavy atom. The molecule has 5 N–H and O–H groups in total. The van der Waals surface area contributed by atoms with E-state index in [4.69, 9.17) is 25.6 Å². The van der Waals surface area contributed by atoms with Gasteiger partial charge < -0.3 is 25.6 Å². The summed E-state index contributed by atoms with van der Waals surface area (Å²) in [7, 11) is -1.47. The van der Waals surface area contributed by atoms with Crippen LogP contribution in [0.4, 0.5) is 4.39 Å². The van der Waals surface area contributed by atoms with E-state index in [2.05, 4.69) is 0 Å². The lowest BCUT2D eigenvalue weighted by atomic mass is 9.87. The quantitative estimate of drug-likeness (QED) is 0.503. The van der Waals surface area contributed by atoms with E-state index in [9.17, 15) is 9.18 Å². The van der Waals surface area contributed by atoms with Crippen molar-refractivity contribution >= 4 is 13.1 Å². The molecule has 0 amide bonds. The van der Waals surface area contributed by atoms with Crippen LogP contribution in [0.15, 0.2) is 18.2 Å². The largest absolute Gasteiger partial charge is 0.494 e. The molecule has 1 aromatic rings. The van der Waals surface area contributed by atoms with Crippen molar-refractivity contribution < 1.29 is 29.1 Å². The number of carboxylic acids is 1. The first kappa shape index (κ1) is 15.4. The van der Waals surface area contributed by atoms with Crippen LogP contribution >= 0.6 is 0 Å². The van der Waals surface area contributed by atoms with Crippen molar-refractivity contribution in [1.29, 1.82) is 0 Å². The van der Waals surface area contributed by atoms with E-state index in [0.717, 1.165) is 6.07 Å². The van der Waals surface area contributed by atoms with Crippen molar-refractivity contribution in [2.24, 2.45) is 5.73 Å². The molecule has 6 nitrogen and oxygen atoms in total. The molecule has 1 aromatic carbocycles. The summed E-state index contributed by atoms with van der Waals surface area (Å²) in [4.78, 5) is 10.6. The van der Waals surface area contributed by atoms with E-state index in [0.29, 0.717) is 0 Å². The Morgan fingerprint density at radius 1 is 1.47 bits per heavy atom. The smallest absolute Gasteiger partial charge is 0.454 e. The fourth-order valence-electron chi connectivity index (χ4n) is 1.39. The summed E-state index contributed by atoms with van der Waals surface area (Å²) in [6, 6.07) is 2.80. The van der Waals surface area contributed by atoms with Gasteiger partial charge in [0, 0.05) is 18.8 Å². The maximum absolute atomic E-state index is 13.6. The number of carbonyl (C=O) groups is 1. The zero-order chi connectivity index (χ0) is 14.4. The highest BCUT2D eigenvalue weighted by molar-refractivity contribution is 6.41. The van der Waals surface area contributed by atoms with E-state index in [1.54, 1.807) is 0 Å². The number of ether oxygens (including phenoxy) is 1. The number of hydrogen-bond acceptors (Lipinski definition) is 5. The number of rotatable bonds is 7. The van der Waals surface area contributed by atoms with Gasteiger partial charge in [0.05, 0.1) is 6.61 Å². The summed E-state index contributed by atoms with van der Waals surface area (Å²) < 4.78 is 18.7. The number of hydrogen-bond donors (Lipinski definition) is 4. The van der Waals surface area contributed by atoms with Gasteiger partial charge in [-0.1, -0.05) is 6.07 Å². The van der Waals surface area contributed by atoms with Crippen LogP contribution in [0, 0.1) is 5.82 Å². The van der Waals surface area contributed by atoms with Gasteiger partial charge in [-0.2, -0.15) is 0 Å². The van der Waals surface area contributed by atoms with Gasteiger partial charge in [-0.15, -0.1) is 0 Å². The number of nitrogens with two attached hydrogens (primary N) is 1. The molecule has 1 unspecified atom stereocenters. The van der Waals surface area contributed by atoms with Crippen molar-refractivity contribution in [3.63, 3.8) is 0 Å². The van der Waals surface area contributed by atoms with Crippen molar-refractivity contribution in [2.75, 3.05) is 6.61 Å². The van der Waals surface area contributed by atoms with Gasteiger partial charge >= 0.3 is 13.1 Å². The third kappa shape index (κ3) is 5.25. The predicted molar refractivity (Wildman–Crippen MR) is 66.2 cm³/mol. The molecule has 0 heterocycles. The Balaban J connectivity index is 2.61. The van der Waals surface area contributed by atoms with Gasteiger partial charge in [-0.25, -0.2) is 4.39 Å². The molecule has 1 rings (SSSR count). The molecule has 0 saturated carbocycles. The van der Waals surface area contributed by atoms with Crippen LogP contribution in [0.3, 0.4) is 0 Å². The monoisotopic (exact) mass is 271 g/mol. The Labute approximate surface area is 109 Å². The van der Waals surface area contributed by atoms with Crippen LogP contribution in [0.5, 0.6) is 5.75 Å². The second-order valence-electron chi connectivity index (χ2n) is 4.02. The second-order valence-corrected chi connectivity index (χ2v) is 4.02. The standard InChI is InChI=1S/C11H15BFNO5/c13-9-6-8(19-4-3-12(17)18)2-1-7(9)5-10(14)11(15)16/h1-2,6,10,17-18H,3-5,14H2,(H,15,16). The third-order valence-corrected chi connectivity index (χ3v) is 2.43. The van der Waals surface area contributed by atoms with Crippen LogP contribution in [0.2, 0.25) is 6.32 Å². The summed E-state index contributed by atoms with van der Waals surface area (Å²) >= 11 is 0. The average Bonchev–Trinajstić information content (AvgIpc) is 2.31. The molecule has 0 bridgehead atoms. The lowest BCUT2D eigenvalue weighted by molar-refractivity contribution is -0.138. The molecular formula is C11H15BFNO5. The first-order chi connectivity index (χ1) is 8.90. The summed E-state index contributed by atoms with van der Waals surface area (Å²) in [6.45, 7) is 0.0328. The van der Waals surface area contributed by atoms with Crippen molar-refractivity contribution in [1.82, 2.24) is 0 Å². The fraction of sp³-hybridized carbons (Fsp3) is 0.364. The SMILES string of the molecule is NC(Cc1ccc(OCCB(O)O)cc1F)C(=O)O. The molecule has 8 heteroatoms. The minimum Gasteiger partial charge on any atom is -0.494 e. The molecule has 104 valence electrons.